The van der Waals surface area contributed by atoms with Gasteiger partial charge in [-0.1, -0.05) is 5.16 Å². The fourth-order valence-corrected chi connectivity index (χ4v) is 2.79. The third-order valence-corrected chi connectivity index (χ3v) is 4.00. The Morgan fingerprint density at radius 2 is 2.08 bits per heavy atom. The summed E-state index contributed by atoms with van der Waals surface area (Å²) in [6.07, 6.45) is -0.771. The maximum Gasteiger partial charge on any atom is 0.338 e. The standard InChI is InChI=1S/C17H20N2O6/c1-10-6-13(12(3)19(10)16-7-11(2)25-18-16)14(20)8-24-17(21)15-9-22-4-5-23-15/h6-7,15H,4-5,8-9H2,1-3H3. The minimum absolute atomic E-state index is 0.146. The molecule has 8 nitrogen and oxygen atoms in total. The number of ketones is 1. The van der Waals surface area contributed by atoms with Gasteiger partial charge in [-0.2, -0.15) is 0 Å². The molecule has 25 heavy (non-hydrogen) atoms. The van der Waals surface area contributed by atoms with Crippen molar-refractivity contribution in [1.82, 2.24) is 9.72 Å². The third kappa shape index (κ3) is 3.64. The number of aryl methyl sites for hydroxylation is 2. The molecule has 0 bridgehead atoms. The Morgan fingerprint density at radius 3 is 2.72 bits per heavy atom. The van der Waals surface area contributed by atoms with Crippen LogP contribution in [0.4, 0.5) is 0 Å². The van der Waals surface area contributed by atoms with E-state index in [1.165, 1.54) is 0 Å². The number of ether oxygens (including phenoxy) is 3. The van der Waals surface area contributed by atoms with Crippen molar-refractivity contribution in [1.29, 1.82) is 0 Å². The highest BCUT2D eigenvalue weighted by molar-refractivity contribution is 5.99. The SMILES string of the molecule is Cc1cc(-n2c(C)cc(C(=O)COC(=O)C3COCCO3)c2C)no1. The first-order chi connectivity index (χ1) is 12.0. The van der Waals surface area contributed by atoms with Crippen LogP contribution in [0.25, 0.3) is 5.82 Å². The molecule has 1 saturated heterocycles. The summed E-state index contributed by atoms with van der Waals surface area (Å²) in [6.45, 7) is 6.07. The summed E-state index contributed by atoms with van der Waals surface area (Å²) < 4.78 is 22.4. The normalized spacial score (nSPS) is 17.5. The Hall–Kier alpha value is -2.45. The fraction of sp³-hybridized carbons (Fsp3) is 0.471. The van der Waals surface area contributed by atoms with Crippen molar-refractivity contribution in [3.8, 4) is 5.82 Å². The summed E-state index contributed by atoms with van der Waals surface area (Å²) in [4.78, 5) is 24.4. The zero-order chi connectivity index (χ0) is 18.0. The van der Waals surface area contributed by atoms with Crippen LogP contribution in [0.1, 0.15) is 27.5 Å². The maximum absolute atomic E-state index is 12.4. The summed E-state index contributed by atoms with van der Waals surface area (Å²) in [7, 11) is 0. The van der Waals surface area contributed by atoms with Crippen LogP contribution < -0.4 is 0 Å². The van der Waals surface area contributed by atoms with E-state index in [2.05, 4.69) is 5.16 Å². The molecule has 3 heterocycles. The van der Waals surface area contributed by atoms with Gasteiger partial charge in [0.25, 0.3) is 0 Å². The molecule has 2 aromatic heterocycles. The highest BCUT2D eigenvalue weighted by Crippen LogP contribution is 2.21. The number of aromatic nitrogens is 2. The van der Waals surface area contributed by atoms with Crippen LogP contribution >= 0.6 is 0 Å². The minimum atomic E-state index is -0.771. The average molecular weight is 348 g/mol. The number of esters is 1. The zero-order valence-electron chi connectivity index (χ0n) is 14.4. The smallest absolute Gasteiger partial charge is 0.338 e. The molecule has 0 aliphatic carbocycles. The van der Waals surface area contributed by atoms with Gasteiger partial charge in [-0.05, 0) is 26.8 Å². The van der Waals surface area contributed by atoms with Gasteiger partial charge >= 0.3 is 5.97 Å². The third-order valence-electron chi connectivity index (χ3n) is 4.00. The molecule has 0 amide bonds. The Kier molecular flexibility index (Phi) is 5.00. The van der Waals surface area contributed by atoms with E-state index in [4.69, 9.17) is 18.7 Å². The van der Waals surface area contributed by atoms with E-state index in [1.807, 2.05) is 18.4 Å². The summed E-state index contributed by atoms with van der Waals surface area (Å²) in [5.74, 6) is 0.411. The zero-order valence-corrected chi connectivity index (χ0v) is 14.4. The summed E-state index contributed by atoms with van der Waals surface area (Å²) in [5, 5.41) is 3.98. The number of rotatable bonds is 5. The van der Waals surface area contributed by atoms with Crippen molar-refractivity contribution >= 4 is 11.8 Å². The summed E-state index contributed by atoms with van der Waals surface area (Å²) in [6, 6.07) is 3.53. The molecule has 0 aromatic carbocycles. The second kappa shape index (κ2) is 7.20. The van der Waals surface area contributed by atoms with Crippen LogP contribution in [0, 0.1) is 20.8 Å². The molecule has 1 aliphatic rings. The number of carbonyl (C=O) groups excluding carboxylic acids is 2. The first-order valence-electron chi connectivity index (χ1n) is 7.99. The molecule has 1 unspecified atom stereocenters. The largest absolute Gasteiger partial charge is 0.455 e. The minimum Gasteiger partial charge on any atom is -0.455 e. The maximum atomic E-state index is 12.4. The Balaban J connectivity index is 1.69. The van der Waals surface area contributed by atoms with Crippen LogP contribution in [-0.2, 0) is 19.0 Å². The quantitative estimate of drug-likeness (QED) is 0.597. The first kappa shape index (κ1) is 17.4. The van der Waals surface area contributed by atoms with Crippen molar-refractivity contribution in [2.75, 3.05) is 26.4 Å². The predicted molar refractivity (Wildman–Crippen MR) is 85.9 cm³/mol. The van der Waals surface area contributed by atoms with Gasteiger partial charge in [-0.15, -0.1) is 0 Å². The van der Waals surface area contributed by atoms with Gasteiger partial charge in [-0.25, -0.2) is 4.79 Å². The highest BCUT2D eigenvalue weighted by Gasteiger charge is 2.26. The van der Waals surface area contributed by atoms with E-state index in [1.54, 1.807) is 19.1 Å². The topological polar surface area (TPSA) is 92.8 Å². The molecule has 1 aliphatic heterocycles. The van der Waals surface area contributed by atoms with Gasteiger partial charge in [0, 0.05) is 23.0 Å². The van der Waals surface area contributed by atoms with Gasteiger partial charge in [-0.3, -0.25) is 9.36 Å². The van der Waals surface area contributed by atoms with E-state index in [9.17, 15) is 9.59 Å². The molecule has 1 atom stereocenters. The number of hydrogen-bond donors (Lipinski definition) is 0. The predicted octanol–water partition coefficient (Wildman–Crippen LogP) is 1.53. The fourth-order valence-electron chi connectivity index (χ4n) is 2.79. The van der Waals surface area contributed by atoms with Crippen molar-refractivity contribution in [2.45, 2.75) is 26.9 Å². The molecule has 0 N–H and O–H groups in total. The average Bonchev–Trinajstić information content (AvgIpc) is 3.15. The molecule has 0 spiro atoms. The number of nitrogens with zero attached hydrogens (tertiary/aromatic N) is 2. The van der Waals surface area contributed by atoms with Gasteiger partial charge in [0.05, 0.1) is 19.8 Å². The lowest BCUT2D eigenvalue weighted by Gasteiger charge is -2.21. The van der Waals surface area contributed by atoms with Gasteiger partial charge in [0.1, 0.15) is 5.76 Å². The lowest BCUT2D eigenvalue weighted by Crippen LogP contribution is -2.37. The number of hydrogen-bond acceptors (Lipinski definition) is 7. The first-order valence-corrected chi connectivity index (χ1v) is 7.99. The molecule has 8 heteroatoms. The van der Waals surface area contributed by atoms with Crippen molar-refractivity contribution in [2.24, 2.45) is 0 Å². The molecule has 3 rings (SSSR count). The second-order valence-corrected chi connectivity index (χ2v) is 5.88. The number of Topliss-reactive ketones (excluding diaryl/α,β-unsaturated/α-hetero) is 1. The van der Waals surface area contributed by atoms with Crippen LogP contribution in [-0.4, -0.2) is 54.0 Å². The summed E-state index contributed by atoms with van der Waals surface area (Å²) in [5.41, 5.74) is 2.03. The van der Waals surface area contributed by atoms with Crippen molar-refractivity contribution in [3.63, 3.8) is 0 Å². The van der Waals surface area contributed by atoms with Crippen LogP contribution in [0.5, 0.6) is 0 Å². The van der Waals surface area contributed by atoms with Gasteiger partial charge in [0.2, 0.25) is 5.78 Å². The van der Waals surface area contributed by atoms with E-state index in [-0.39, 0.29) is 19.0 Å². The van der Waals surface area contributed by atoms with E-state index >= 15 is 0 Å². The van der Waals surface area contributed by atoms with Crippen LogP contribution in [0.2, 0.25) is 0 Å². The van der Waals surface area contributed by atoms with Crippen LogP contribution in [0.3, 0.4) is 0 Å². The Bertz CT molecular complexity index is 785. The Morgan fingerprint density at radius 1 is 1.28 bits per heavy atom. The molecular weight excluding hydrogens is 328 g/mol. The van der Waals surface area contributed by atoms with E-state index in [0.29, 0.717) is 36.0 Å². The van der Waals surface area contributed by atoms with E-state index in [0.717, 1.165) is 5.69 Å². The molecule has 2 aromatic rings. The lowest BCUT2D eigenvalue weighted by molar-refractivity contribution is -0.169. The monoisotopic (exact) mass is 348 g/mol. The lowest BCUT2D eigenvalue weighted by atomic mass is 10.1. The number of carbonyl (C=O) groups is 2. The molecule has 134 valence electrons. The molecule has 0 radical (unpaired) electrons. The molecule has 0 saturated carbocycles. The van der Waals surface area contributed by atoms with Crippen molar-refractivity contribution < 1.29 is 28.3 Å². The van der Waals surface area contributed by atoms with Crippen LogP contribution in [0.15, 0.2) is 16.7 Å². The van der Waals surface area contributed by atoms with Gasteiger partial charge in [0.15, 0.2) is 18.5 Å². The summed E-state index contributed by atoms with van der Waals surface area (Å²) >= 11 is 0. The molecular formula is C17H20N2O6. The Labute approximate surface area is 144 Å². The molecule has 1 fully saturated rings. The van der Waals surface area contributed by atoms with Gasteiger partial charge < -0.3 is 18.7 Å². The van der Waals surface area contributed by atoms with E-state index < -0.39 is 12.1 Å². The second-order valence-electron chi connectivity index (χ2n) is 5.88. The highest BCUT2D eigenvalue weighted by atomic mass is 16.6. The van der Waals surface area contributed by atoms with Crippen molar-refractivity contribution in [3.05, 3.63) is 34.8 Å².